The molecule has 0 aromatic heterocycles. The number of halogens is 1. The number of rotatable bonds is 4. The van der Waals surface area contributed by atoms with Crippen LogP contribution in [0.5, 0.6) is 0 Å². The van der Waals surface area contributed by atoms with Crippen molar-refractivity contribution in [3.8, 4) is 0 Å². The number of benzene rings is 1. The van der Waals surface area contributed by atoms with Crippen LogP contribution in [0.25, 0.3) is 0 Å². The predicted octanol–water partition coefficient (Wildman–Crippen LogP) is 3.98. The zero-order valence-corrected chi connectivity index (χ0v) is 11.6. The molecule has 0 amide bonds. The Hall–Kier alpha value is -0.800. The molecule has 92 valence electrons. The normalized spacial score (nSPS) is 19.9. The van der Waals surface area contributed by atoms with Gasteiger partial charge in [0.05, 0.1) is 12.3 Å². The first-order chi connectivity index (χ1) is 8.22. The SMILES string of the molecule is CCOC1=C(C)N(Cc2ccccc2)C(Cl)S1. The first-order valence-corrected chi connectivity index (χ1v) is 6.99. The van der Waals surface area contributed by atoms with E-state index in [4.69, 9.17) is 16.3 Å². The molecule has 0 fully saturated rings. The summed E-state index contributed by atoms with van der Waals surface area (Å²) < 4.78 is 5.57. The summed E-state index contributed by atoms with van der Waals surface area (Å²) in [6.07, 6.45) is 0. The third-order valence-corrected chi connectivity index (χ3v) is 4.23. The zero-order valence-electron chi connectivity index (χ0n) is 10.0. The van der Waals surface area contributed by atoms with Gasteiger partial charge in [0.15, 0.2) is 9.92 Å². The lowest BCUT2D eigenvalue weighted by Gasteiger charge is -2.22. The van der Waals surface area contributed by atoms with Gasteiger partial charge in [-0.15, -0.1) is 0 Å². The lowest BCUT2D eigenvalue weighted by molar-refractivity contribution is 0.245. The van der Waals surface area contributed by atoms with Gasteiger partial charge in [-0.25, -0.2) is 0 Å². The number of hydrogen-bond donors (Lipinski definition) is 0. The second-order valence-corrected chi connectivity index (χ2v) is 5.55. The zero-order chi connectivity index (χ0) is 12.3. The Morgan fingerprint density at radius 2 is 2.06 bits per heavy atom. The lowest BCUT2D eigenvalue weighted by Crippen LogP contribution is -2.22. The maximum atomic E-state index is 6.32. The van der Waals surface area contributed by atoms with Gasteiger partial charge in [-0.2, -0.15) is 0 Å². The summed E-state index contributed by atoms with van der Waals surface area (Å²) in [5.41, 5.74) is 2.39. The van der Waals surface area contributed by atoms with Crippen LogP contribution in [0.2, 0.25) is 0 Å². The van der Waals surface area contributed by atoms with Crippen LogP contribution in [-0.4, -0.2) is 16.3 Å². The monoisotopic (exact) mass is 269 g/mol. The fraction of sp³-hybridized carbons (Fsp3) is 0.385. The van der Waals surface area contributed by atoms with Crippen LogP contribution < -0.4 is 0 Å². The largest absolute Gasteiger partial charge is 0.486 e. The fourth-order valence-corrected chi connectivity index (χ4v) is 3.22. The Bertz CT molecular complexity index is 407. The molecule has 4 heteroatoms. The Morgan fingerprint density at radius 3 is 2.71 bits per heavy atom. The molecule has 1 atom stereocenters. The van der Waals surface area contributed by atoms with Crippen LogP contribution in [0.1, 0.15) is 19.4 Å². The molecule has 1 unspecified atom stereocenters. The highest BCUT2D eigenvalue weighted by Crippen LogP contribution is 2.41. The van der Waals surface area contributed by atoms with Crippen molar-refractivity contribution in [2.24, 2.45) is 0 Å². The first-order valence-electron chi connectivity index (χ1n) is 5.67. The summed E-state index contributed by atoms with van der Waals surface area (Å²) >= 11 is 7.89. The summed E-state index contributed by atoms with van der Waals surface area (Å²) in [6, 6.07) is 10.3. The Kier molecular flexibility index (Phi) is 4.24. The topological polar surface area (TPSA) is 12.5 Å². The molecule has 0 aliphatic carbocycles. The van der Waals surface area contributed by atoms with Gasteiger partial charge in [0.1, 0.15) is 0 Å². The molecule has 0 bridgehead atoms. The molecule has 0 saturated carbocycles. The third-order valence-electron chi connectivity index (χ3n) is 2.65. The highest BCUT2D eigenvalue weighted by molar-refractivity contribution is 8.04. The molecular formula is C13H16ClNOS. The van der Waals surface area contributed by atoms with E-state index in [1.165, 1.54) is 5.56 Å². The van der Waals surface area contributed by atoms with Crippen LogP contribution in [-0.2, 0) is 11.3 Å². The van der Waals surface area contributed by atoms with Crippen molar-refractivity contribution in [1.82, 2.24) is 4.90 Å². The van der Waals surface area contributed by atoms with Crippen molar-refractivity contribution in [3.63, 3.8) is 0 Å². The predicted molar refractivity (Wildman–Crippen MR) is 73.5 cm³/mol. The molecule has 1 heterocycles. The van der Waals surface area contributed by atoms with Gasteiger partial charge in [-0.1, -0.05) is 41.9 Å². The van der Waals surface area contributed by atoms with Crippen LogP contribution in [0.3, 0.4) is 0 Å². The summed E-state index contributed by atoms with van der Waals surface area (Å²) in [5.74, 6) is 0. The molecular weight excluding hydrogens is 254 g/mol. The summed E-state index contributed by atoms with van der Waals surface area (Å²) in [7, 11) is 0. The standard InChI is InChI=1S/C13H16ClNOS/c1-3-16-12-10(2)15(13(14)17-12)9-11-7-5-4-6-8-11/h4-8,13H,3,9H2,1-2H3. The average Bonchev–Trinajstić information content (AvgIpc) is 2.59. The number of thioether (sulfide) groups is 1. The van der Waals surface area contributed by atoms with Gasteiger partial charge < -0.3 is 9.64 Å². The maximum Gasteiger partial charge on any atom is 0.175 e. The number of ether oxygens (including phenoxy) is 1. The van der Waals surface area contributed by atoms with Gasteiger partial charge in [-0.05, 0) is 31.2 Å². The molecule has 17 heavy (non-hydrogen) atoms. The lowest BCUT2D eigenvalue weighted by atomic mass is 10.2. The molecule has 0 spiro atoms. The smallest absolute Gasteiger partial charge is 0.175 e. The van der Waals surface area contributed by atoms with E-state index >= 15 is 0 Å². The molecule has 0 saturated heterocycles. The third kappa shape index (κ3) is 2.90. The minimum Gasteiger partial charge on any atom is -0.486 e. The maximum absolute atomic E-state index is 6.32. The van der Waals surface area contributed by atoms with Gasteiger partial charge >= 0.3 is 0 Å². The van der Waals surface area contributed by atoms with E-state index in [1.54, 1.807) is 11.8 Å². The first kappa shape index (κ1) is 12.7. The minimum atomic E-state index is -0.0724. The number of allylic oxidation sites excluding steroid dienone is 1. The quantitative estimate of drug-likeness (QED) is 0.606. The van der Waals surface area contributed by atoms with Crippen LogP contribution in [0.15, 0.2) is 41.1 Å². The Morgan fingerprint density at radius 1 is 1.35 bits per heavy atom. The molecule has 2 rings (SSSR count). The second-order valence-electron chi connectivity index (χ2n) is 3.83. The number of alkyl halides is 1. The van der Waals surface area contributed by atoms with Crippen molar-refractivity contribution >= 4 is 23.4 Å². The molecule has 1 aliphatic heterocycles. The molecule has 2 nitrogen and oxygen atoms in total. The Labute approximate surface area is 112 Å². The van der Waals surface area contributed by atoms with E-state index in [2.05, 4.69) is 24.0 Å². The van der Waals surface area contributed by atoms with Crippen LogP contribution in [0.4, 0.5) is 0 Å². The molecule has 1 aliphatic rings. The summed E-state index contributed by atoms with van der Waals surface area (Å²) in [6.45, 7) is 5.56. The van der Waals surface area contributed by atoms with Crippen molar-refractivity contribution in [1.29, 1.82) is 0 Å². The molecule has 0 radical (unpaired) electrons. The summed E-state index contributed by atoms with van der Waals surface area (Å²) in [5, 5.41) is 0.948. The van der Waals surface area contributed by atoms with Crippen LogP contribution >= 0.6 is 23.4 Å². The van der Waals surface area contributed by atoms with Crippen molar-refractivity contribution in [3.05, 3.63) is 46.7 Å². The Balaban J connectivity index is 2.10. The summed E-state index contributed by atoms with van der Waals surface area (Å²) in [4.78, 5) is 2.09. The fourth-order valence-electron chi connectivity index (χ4n) is 1.75. The number of hydrogen-bond acceptors (Lipinski definition) is 3. The molecule has 1 aromatic rings. The van der Waals surface area contributed by atoms with Gasteiger partial charge in [0.25, 0.3) is 0 Å². The van der Waals surface area contributed by atoms with Crippen molar-refractivity contribution in [2.75, 3.05) is 6.61 Å². The highest BCUT2D eigenvalue weighted by atomic mass is 35.5. The van der Waals surface area contributed by atoms with Crippen LogP contribution in [0, 0.1) is 0 Å². The van der Waals surface area contributed by atoms with Crippen molar-refractivity contribution < 1.29 is 4.74 Å². The van der Waals surface area contributed by atoms with E-state index in [0.717, 1.165) is 17.3 Å². The second kappa shape index (κ2) is 5.69. The highest BCUT2D eigenvalue weighted by Gasteiger charge is 2.29. The van der Waals surface area contributed by atoms with Gasteiger partial charge in [-0.3, -0.25) is 0 Å². The number of nitrogens with zero attached hydrogens (tertiary/aromatic N) is 1. The average molecular weight is 270 g/mol. The van der Waals surface area contributed by atoms with E-state index in [0.29, 0.717) is 6.61 Å². The molecule has 0 N–H and O–H groups in total. The van der Waals surface area contributed by atoms with Crippen molar-refractivity contribution in [2.45, 2.75) is 25.2 Å². The van der Waals surface area contributed by atoms with E-state index in [9.17, 15) is 0 Å². The van der Waals surface area contributed by atoms with E-state index in [-0.39, 0.29) is 4.83 Å². The molecule has 1 aromatic carbocycles. The van der Waals surface area contributed by atoms with E-state index < -0.39 is 0 Å². The minimum absolute atomic E-state index is 0.0724. The van der Waals surface area contributed by atoms with Gasteiger partial charge in [0.2, 0.25) is 0 Å². The van der Waals surface area contributed by atoms with E-state index in [1.807, 2.05) is 25.1 Å². The van der Waals surface area contributed by atoms with Gasteiger partial charge in [0, 0.05) is 6.54 Å².